The summed E-state index contributed by atoms with van der Waals surface area (Å²) in [5.41, 5.74) is 5.68. The van der Waals surface area contributed by atoms with E-state index in [0.717, 1.165) is 17.0 Å². The minimum absolute atomic E-state index is 0.672. The second-order valence-electron chi connectivity index (χ2n) is 8.27. The number of benzene rings is 2. The van der Waals surface area contributed by atoms with Gasteiger partial charge in [-0.2, -0.15) is 0 Å². The molecule has 0 aliphatic heterocycles. The third kappa shape index (κ3) is 4.00. The van der Waals surface area contributed by atoms with Crippen molar-refractivity contribution < 1.29 is 8.78 Å². The third-order valence-electron chi connectivity index (χ3n) is 6.49. The summed E-state index contributed by atoms with van der Waals surface area (Å²) in [5.74, 6) is 0.140. The van der Waals surface area contributed by atoms with E-state index >= 15 is 0 Å². The van der Waals surface area contributed by atoms with Crippen LogP contribution in [0.15, 0.2) is 42.5 Å². The smallest absolute Gasteiger partial charge is 0.159 e. The largest absolute Gasteiger partial charge is 0.204 e. The predicted molar refractivity (Wildman–Crippen MR) is 108 cm³/mol. The molecule has 1 saturated carbocycles. The fourth-order valence-corrected chi connectivity index (χ4v) is 4.88. The third-order valence-corrected chi connectivity index (χ3v) is 6.49. The van der Waals surface area contributed by atoms with Gasteiger partial charge in [0.05, 0.1) is 0 Å². The summed E-state index contributed by atoms with van der Waals surface area (Å²) in [5, 5.41) is 0. The van der Waals surface area contributed by atoms with Crippen LogP contribution in [-0.4, -0.2) is 0 Å². The highest BCUT2D eigenvalue weighted by molar-refractivity contribution is 5.70. The Labute approximate surface area is 161 Å². The molecule has 2 aromatic rings. The molecule has 142 valence electrons. The molecule has 0 nitrogen and oxygen atoms in total. The van der Waals surface area contributed by atoms with E-state index in [2.05, 4.69) is 37.3 Å². The average Bonchev–Trinajstić information content (AvgIpc) is 2.70. The van der Waals surface area contributed by atoms with Crippen molar-refractivity contribution in [2.45, 2.75) is 64.2 Å². The summed E-state index contributed by atoms with van der Waals surface area (Å²) in [6.45, 7) is 2.29. The maximum atomic E-state index is 13.6. The Hall–Kier alpha value is -1.96. The lowest BCUT2D eigenvalue weighted by atomic mass is 9.77. The fraction of sp³-hybridized carbons (Fsp3) is 0.440. The Morgan fingerprint density at radius 3 is 2.22 bits per heavy atom. The Morgan fingerprint density at radius 1 is 0.889 bits per heavy atom. The zero-order valence-electron chi connectivity index (χ0n) is 16.1. The highest BCUT2D eigenvalue weighted by Crippen LogP contribution is 2.38. The molecule has 0 radical (unpaired) electrons. The number of fused-ring (bicyclic) bond motifs is 1. The molecule has 2 aliphatic carbocycles. The van der Waals surface area contributed by atoms with Crippen molar-refractivity contribution in [1.82, 2.24) is 0 Å². The molecule has 2 aliphatic rings. The van der Waals surface area contributed by atoms with Gasteiger partial charge in [-0.3, -0.25) is 0 Å². The second-order valence-corrected chi connectivity index (χ2v) is 8.27. The van der Waals surface area contributed by atoms with Crippen molar-refractivity contribution in [3.63, 3.8) is 0 Å². The van der Waals surface area contributed by atoms with Gasteiger partial charge in [0.15, 0.2) is 11.6 Å². The molecule has 27 heavy (non-hydrogen) atoms. The molecule has 0 atom stereocenters. The molecule has 0 N–H and O–H groups in total. The van der Waals surface area contributed by atoms with Crippen LogP contribution in [0, 0.1) is 17.6 Å². The Balaban J connectivity index is 1.44. The van der Waals surface area contributed by atoms with Crippen LogP contribution in [0.4, 0.5) is 8.78 Å². The van der Waals surface area contributed by atoms with E-state index < -0.39 is 11.6 Å². The van der Waals surface area contributed by atoms with E-state index in [0.29, 0.717) is 18.8 Å². The van der Waals surface area contributed by atoms with Crippen molar-refractivity contribution in [2.75, 3.05) is 0 Å². The molecule has 2 heteroatoms. The summed E-state index contributed by atoms with van der Waals surface area (Å²) < 4.78 is 27.0. The van der Waals surface area contributed by atoms with Crippen molar-refractivity contribution in [1.29, 1.82) is 0 Å². The first-order valence-electron chi connectivity index (χ1n) is 10.4. The maximum absolute atomic E-state index is 13.6. The van der Waals surface area contributed by atoms with Crippen LogP contribution in [0.5, 0.6) is 0 Å². The van der Waals surface area contributed by atoms with Crippen molar-refractivity contribution in [3.05, 3.63) is 76.4 Å². The summed E-state index contributed by atoms with van der Waals surface area (Å²) >= 11 is 0. The lowest BCUT2D eigenvalue weighted by Crippen LogP contribution is -2.13. The van der Waals surface area contributed by atoms with Gasteiger partial charge in [-0.1, -0.05) is 50.1 Å². The summed E-state index contributed by atoms with van der Waals surface area (Å²) in [7, 11) is 0. The number of allylic oxidation sites excluding steroid dienone is 2. The van der Waals surface area contributed by atoms with E-state index in [4.69, 9.17) is 0 Å². The van der Waals surface area contributed by atoms with Crippen molar-refractivity contribution in [3.8, 4) is 0 Å². The normalized spacial score (nSPS) is 22.3. The molecule has 1 fully saturated rings. The molecular formula is C25H28F2. The van der Waals surface area contributed by atoms with Crippen LogP contribution in [0.2, 0.25) is 0 Å². The molecule has 0 unspecified atom stereocenters. The quantitative estimate of drug-likeness (QED) is 0.536. The molecule has 0 bridgehead atoms. The van der Waals surface area contributed by atoms with Crippen LogP contribution >= 0.6 is 0 Å². The molecule has 0 aromatic heterocycles. The molecule has 2 aromatic carbocycles. The first kappa shape index (κ1) is 18.4. The Bertz CT molecular complexity index is 824. The Kier molecular flexibility index (Phi) is 5.43. The molecule has 0 heterocycles. The Morgan fingerprint density at radius 2 is 1.56 bits per heavy atom. The van der Waals surface area contributed by atoms with E-state index in [-0.39, 0.29) is 0 Å². The topological polar surface area (TPSA) is 0 Å². The van der Waals surface area contributed by atoms with Crippen LogP contribution in [-0.2, 0) is 12.8 Å². The van der Waals surface area contributed by atoms with Gasteiger partial charge < -0.3 is 0 Å². The summed E-state index contributed by atoms with van der Waals surface area (Å²) in [6, 6.07) is 11.7. The molecule has 0 amide bonds. The first-order chi connectivity index (χ1) is 13.1. The van der Waals surface area contributed by atoms with Crippen molar-refractivity contribution in [2.24, 2.45) is 5.92 Å². The van der Waals surface area contributed by atoms with Crippen LogP contribution < -0.4 is 0 Å². The highest BCUT2D eigenvalue weighted by atomic mass is 19.2. The monoisotopic (exact) mass is 366 g/mol. The van der Waals surface area contributed by atoms with E-state index in [1.807, 2.05) is 0 Å². The first-order valence-corrected chi connectivity index (χ1v) is 10.4. The van der Waals surface area contributed by atoms with Gasteiger partial charge in [-0.25, -0.2) is 8.78 Å². The van der Waals surface area contributed by atoms with Gasteiger partial charge in [-0.05, 0) is 90.3 Å². The minimum atomic E-state index is -0.747. The van der Waals surface area contributed by atoms with Gasteiger partial charge in [0.1, 0.15) is 0 Å². The van der Waals surface area contributed by atoms with E-state index in [9.17, 15) is 8.78 Å². The van der Waals surface area contributed by atoms with Crippen LogP contribution in [0.3, 0.4) is 0 Å². The lowest BCUT2D eigenvalue weighted by molar-refractivity contribution is 0.308. The second kappa shape index (κ2) is 7.96. The average molecular weight is 366 g/mol. The summed E-state index contributed by atoms with van der Waals surface area (Å²) in [4.78, 5) is 0. The predicted octanol–water partition coefficient (Wildman–Crippen LogP) is 7.22. The number of hydrogen-bond acceptors (Lipinski definition) is 0. The lowest BCUT2D eigenvalue weighted by Gasteiger charge is -2.28. The van der Waals surface area contributed by atoms with Crippen molar-refractivity contribution >= 4 is 5.57 Å². The summed E-state index contributed by atoms with van der Waals surface area (Å²) in [6.07, 6.45) is 11.5. The zero-order chi connectivity index (χ0) is 18.8. The van der Waals surface area contributed by atoms with E-state index in [1.165, 1.54) is 67.4 Å². The maximum Gasteiger partial charge on any atom is 0.159 e. The SMILES string of the molecule is CCCC1CCC(c2ccc(C3=CCc4cc(F)c(F)cc4C3)cc2)CC1. The van der Waals surface area contributed by atoms with E-state index in [1.54, 1.807) is 0 Å². The number of rotatable bonds is 4. The van der Waals surface area contributed by atoms with Gasteiger partial charge in [0, 0.05) is 0 Å². The molecule has 0 spiro atoms. The zero-order valence-corrected chi connectivity index (χ0v) is 16.1. The molecular weight excluding hydrogens is 338 g/mol. The highest BCUT2D eigenvalue weighted by Gasteiger charge is 2.22. The van der Waals surface area contributed by atoms with Gasteiger partial charge in [0.2, 0.25) is 0 Å². The molecule has 0 saturated heterocycles. The van der Waals surface area contributed by atoms with Crippen LogP contribution in [0.1, 0.15) is 73.6 Å². The fourth-order valence-electron chi connectivity index (χ4n) is 4.88. The minimum Gasteiger partial charge on any atom is -0.204 e. The molecule has 4 rings (SSSR count). The van der Waals surface area contributed by atoms with Crippen LogP contribution in [0.25, 0.3) is 5.57 Å². The van der Waals surface area contributed by atoms with Gasteiger partial charge >= 0.3 is 0 Å². The number of halogens is 2. The number of hydrogen-bond donors (Lipinski definition) is 0. The standard InChI is InChI=1S/C25H28F2/c1-2-3-17-4-6-18(7-5-17)19-8-10-20(11-9-19)21-12-13-22-15-24(26)25(27)16-23(22)14-21/h8-12,15-18H,2-7,13-14H2,1H3. The van der Waals surface area contributed by atoms with Gasteiger partial charge in [0.25, 0.3) is 0 Å². The van der Waals surface area contributed by atoms with Gasteiger partial charge in [-0.15, -0.1) is 0 Å².